The number of carbonyl (C=O) groups is 3. The maximum atomic E-state index is 13.2. The van der Waals surface area contributed by atoms with E-state index >= 15 is 0 Å². The lowest BCUT2D eigenvalue weighted by atomic mass is 10.1. The van der Waals surface area contributed by atoms with Gasteiger partial charge in [0.15, 0.2) is 11.5 Å². The number of hydrogen-bond acceptors (Lipinski definition) is 6. The molecule has 0 atom stereocenters. The zero-order valence-corrected chi connectivity index (χ0v) is 21.8. The Kier molecular flexibility index (Phi) is 8.66. The second-order valence-corrected chi connectivity index (χ2v) is 8.90. The molecule has 3 aromatic carbocycles. The minimum atomic E-state index is -0.792. The molecular formula is C29H27ClN2O6. The van der Waals surface area contributed by atoms with Crippen LogP contribution in [0.15, 0.2) is 72.3 Å². The summed E-state index contributed by atoms with van der Waals surface area (Å²) in [6.45, 7) is 2.73. The van der Waals surface area contributed by atoms with Crippen LogP contribution in [0.1, 0.15) is 30.0 Å². The first-order valence-electron chi connectivity index (χ1n) is 12.0. The second-order valence-electron chi connectivity index (χ2n) is 8.49. The largest absolute Gasteiger partial charge is 0.493 e. The average Bonchev–Trinajstić information content (AvgIpc) is 2.92. The van der Waals surface area contributed by atoms with E-state index in [0.717, 1.165) is 16.9 Å². The van der Waals surface area contributed by atoms with E-state index in [0.29, 0.717) is 40.0 Å². The van der Waals surface area contributed by atoms with Crippen molar-refractivity contribution in [2.24, 2.45) is 0 Å². The average molecular weight is 535 g/mol. The van der Waals surface area contributed by atoms with E-state index in [-0.39, 0.29) is 18.7 Å². The maximum absolute atomic E-state index is 13.2. The van der Waals surface area contributed by atoms with Crippen LogP contribution in [0.2, 0.25) is 5.02 Å². The molecule has 8 nitrogen and oxygen atoms in total. The van der Waals surface area contributed by atoms with Crippen LogP contribution in [-0.2, 0) is 22.7 Å². The summed E-state index contributed by atoms with van der Waals surface area (Å²) in [5, 5.41) is 2.84. The van der Waals surface area contributed by atoms with E-state index in [1.54, 1.807) is 48.5 Å². The van der Waals surface area contributed by atoms with E-state index in [1.165, 1.54) is 13.2 Å². The van der Waals surface area contributed by atoms with Crippen LogP contribution in [0, 0.1) is 0 Å². The number of hydrogen-bond donors (Lipinski definition) is 1. The number of nitrogens with one attached hydrogen (secondary N) is 1. The molecule has 0 aliphatic carbocycles. The number of ether oxygens (including phenoxy) is 3. The van der Waals surface area contributed by atoms with Gasteiger partial charge in [0, 0.05) is 10.6 Å². The van der Waals surface area contributed by atoms with Gasteiger partial charge in [-0.2, -0.15) is 0 Å². The van der Waals surface area contributed by atoms with Gasteiger partial charge >= 0.3 is 6.03 Å². The van der Waals surface area contributed by atoms with Gasteiger partial charge in [-0.3, -0.25) is 19.8 Å². The van der Waals surface area contributed by atoms with Crippen LogP contribution in [0.3, 0.4) is 0 Å². The van der Waals surface area contributed by atoms with Crippen molar-refractivity contribution in [1.29, 1.82) is 0 Å². The minimum absolute atomic E-state index is 0.0549. The Morgan fingerprint density at radius 1 is 0.947 bits per heavy atom. The van der Waals surface area contributed by atoms with Crippen molar-refractivity contribution in [3.63, 3.8) is 0 Å². The fraction of sp³-hybridized carbons (Fsp3) is 0.207. The lowest BCUT2D eigenvalue weighted by molar-refractivity contribution is -0.130. The van der Waals surface area contributed by atoms with E-state index < -0.39 is 17.8 Å². The molecule has 0 spiro atoms. The van der Waals surface area contributed by atoms with Gasteiger partial charge in [-0.1, -0.05) is 54.9 Å². The van der Waals surface area contributed by atoms with E-state index in [4.69, 9.17) is 25.8 Å². The number of benzene rings is 3. The Bertz CT molecular complexity index is 1390. The summed E-state index contributed by atoms with van der Waals surface area (Å²) in [5.74, 6) is 0.125. The van der Waals surface area contributed by atoms with Gasteiger partial charge in [0.25, 0.3) is 11.8 Å². The Morgan fingerprint density at radius 2 is 1.76 bits per heavy atom. The molecular weight excluding hydrogens is 508 g/mol. The van der Waals surface area contributed by atoms with Crippen molar-refractivity contribution in [3.05, 3.63) is 94.0 Å². The van der Waals surface area contributed by atoms with Gasteiger partial charge in [0.1, 0.15) is 17.9 Å². The molecule has 0 unspecified atom stereocenters. The molecule has 1 aliphatic rings. The third-order valence-corrected chi connectivity index (χ3v) is 6.11. The molecule has 38 heavy (non-hydrogen) atoms. The van der Waals surface area contributed by atoms with E-state index in [2.05, 4.69) is 5.32 Å². The lowest BCUT2D eigenvalue weighted by Crippen LogP contribution is -2.53. The van der Waals surface area contributed by atoms with Crippen LogP contribution in [0.25, 0.3) is 6.08 Å². The smallest absolute Gasteiger partial charge is 0.331 e. The highest BCUT2D eigenvalue weighted by Gasteiger charge is 2.35. The number of carbonyl (C=O) groups excluding carboxylic acids is 3. The second kappa shape index (κ2) is 12.3. The monoisotopic (exact) mass is 534 g/mol. The number of urea groups is 1. The van der Waals surface area contributed by atoms with Crippen LogP contribution in [-0.4, -0.2) is 36.5 Å². The minimum Gasteiger partial charge on any atom is -0.493 e. The standard InChI is InChI=1S/C29H27ClN2O6/c1-3-13-37-25-12-11-20(16-26(25)36-2)17-32-28(34)23(27(33)31-29(32)35)15-19-7-6-9-22(14-19)38-18-21-8-4-5-10-24(21)30/h4-12,14-16H,3,13,17-18H2,1-2H3,(H,31,33,35)/b23-15-. The van der Waals surface area contributed by atoms with Crippen LogP contribution in [0.4, 0.5) is 4.79 Å². The highest BCUT2D eigenvalue weighted by atomic mass is 35.5. The van der Waals surface area contributed by atoms with Gasteiger partial charge in [-0.05, 0) is 54.0 Å². The van der Waals surface area contributed by atoms with Crippen molar-refractivity contribution in [2.75, 3.05) is 13.7 Å². The number of halogens is 1. The summed E-state index contributed by atoms with van der Waals surface area (Å²) in [6.07, 6.45) is 2.27. The van der Waals surface area contributed by atoms with Crippen molar-refractivity contribution in [1.82, 2.24) is 10.2 Å². The number of imide groups is 2. The molecule has 4 amide bonds. The third kappa shape index (κ3) is 6.33. The fourth-order valence-corrected chi connectivity index (χ4v) is 3.99. The van der Waals surface area contributed by atoms with Gasteiger partial charge in [-0.15, -0.1) is 0 Å². The SMILES string of the molecule is CCCOc1ccc(CN2C(=O)NC(=O)/C(=C/c3cccc(OCc4ccccc4Cl)c3)C2=O)cc1OC. The molecule has 0 bridgehead atoms. The summed E-state index contributed by atoms with van der Waals surface area (Å²) in [7, 11) is 1.52. The molecule has 0 aromatic heterocycles. The molecule has 0 saturated carbocycles. The Morgan fingerprint density at radius 3 is 2.53 bits per heavy atom. The van der Waals surface area contributed by atoms with Crippen LogP contribution >= 0.6 is 11.6 Å². The topological polar surface area (TPSA) is 94.2 Å². The maximum Gasteiger partial charge on any atom is 0.331 e. The van der Waals surface area contributed by atoms with Gasteiger partial charge in [0.2, 0.25) is 0 Å². The summed E-state index contributed by atoms with van der Waals surface area (Å²) in [5.41, 5.74) is 1.87. The number of nitrogens with zero attached hydrogens (tertiary/aromatic N) is 1. The van der Waals surface area contributed by atoms with E-state index in [9.17, 15) is 14.4 Å². The molecule has 1 N–H and O–H groups in total. The predicted octanol–water partition coefficient (Wildman–Crippen LogP) is 5.38. The molecule has 4 rings (SSSR count). The first-order valence-corrected chi connectivity index (χ1v) is 12.4. The first kappa shape index (κ1) is 26.8. The molecule has 1 aliphatic heterocycles. The number of barbiturate groups is 1. The van der Waals surface area contributed by atoms with Gasteiger partial charge in [-0.25, -0.2) is 4.79 Å². The third-order valence-electron chi connectivity index (χ3n) is 5.74. The highest BCUT2D eigenvalue weighted by Crippen LogP contribution is 2.29. The molecule has 1 heterocycles. The zero-order chi connectivity index (χ0) is 27.1. The molecule has 9 heteroatoms. The van der Waals surface area contributed by atoms with Crippen molar-refractivity contribution >= 4 is 35.5 Å². The Labute approximate surface area is 225 Å². The molecule has 1 fully saturated rings. The summed E-state index contributed by atoms with van der Waals surface area (Å²) < 4.78 is 16.9. The van der Waals surface area contributed by atoms with Crippen LogP contribution in [0.5, 0.6) is 17.2 Å². The quantitative estimate of drug-likeness (QED) is 0.277. The van der Waals surface area contributed by atoms with Crippen LogP contribution < -0.4 is 19.5 Å². The van der Waals surface area contributed by atoms with Gasteiger partial charge < -0.3 is 14.2 Å². The summed E-state index contributed by atoms with van der Waals surface area (Å²) in [4.78, 5) is 39.3. The zero-order valence-electron chi connectivity index (χ0n) is 21.0. The van der Waals surface area contributed by atoms with Crippen molar-refractivity contribution in [3.8, 4) is 17.2 Å². The Hall–Kier alpha value is -4.30. The highest BCUT2D eigenvalue weighted by molar-refractivity contribution is 6.31. The number of amides is 4. The molecule has 3 aromatic rings. The molecule has 0 radical (unpaired) electrons. The first-order chi connectivity index (χ1) is 18.4. The van der Waals surface area contributed by atoms with Crippen molar-refractivity contribution < 1.29 is 28.6 Å². The molecule has 196 valence electrons. The van der Waals surface area contributed by atoms with E-state index in [1.807, 2.05) is 25.1 Å². The normalized spacial score (nSPS) is 14.4. The predicted molar refractivity (Wildman–Crippen MR) is 143 cm³/mol. The summed E-state index contributed by atoms with van der Waals surface area (Å²) >= 11 is 6.19. The fourth-order valence-electron chi connectivity index (χ4n) is 3.80. The summed E-state index contributed by atoms with van der Waals surface area (Å²) in [6, 6.07) is 18.7. The van der Waals surface area contributed by atoms with Gasteiger partial charge in [0.05, 0.1) is 20.3 Å². The van der Waals surface area contributed by atoms with Crippen molar-refractivity contribution in [2.45, 2.75) is 26.5 Å². The number of methoxy groups -OCH3 is 1. The lowest BCUT2D eigenvalue weighted by Gasteiger charge is -2.26. The number of rotatable bonds is 10. The molecule has 1 saturated heterocycles. The Balaban J connectivity index is 1.52.